The summed E-state index contributed by atoms with van der Waals surface area (Å²) in [5, 5.41) is 3.09. The van der Waals surface area contributed by atoms with E-state index in [4.69, 9.17) is 4.74 Å². The fourth-order valence-corrected chi connectivity index (χ4v) is 3.39. The van der Waals surface area contributed by atoms with Gasteiger partial charge in [-0.1, -0.05) is 42.1 Å². The number of hydrogen-bond acceptors (Lipinski definition) is 3. The third kappa shape index (κ3) is 3.90. The Kier molecular flexibility index (Phi) is 5.14. The molecular formula is C18H19NO2S. The highest BCUT2D eigenvalue weighted by Gasteiger charge is 2.22. The summed E-state index contributed by atoms with van der Waals surface area (Å²) in [5.74, 6) is 0.160. The molecule has 4 heteroatoms. The highest BCUT2D eigenvalue weighted by atomic mass is 32.2. The van der Waals surface area contributed by atoms with Gasteiger partial charge in [-0.05, 0) is 37.1 Å². The standard InChI is InChI=1S/C18H19NO2S/c20-18(14-10-12-21-13-11-14)19-16-8-4-5-9-17(16)22-15-6-2-1-3-7-15/h1-9,14H,10-13H2,(H,19,20). The molecule has 22 heavy (non-hydrogen) atoms. The van der Waals surface area contributed by atoms with Crippen LogP contribution in [0.2, 0.25) is 0 Å². The second-order valence-corrected chi connectivity index (χ2v) is 6.40. The van der Waals surface area contributed by atoms with Crippen LogP contribution in [-0.2, 0) is 9.53 Å². The van der Waals surface area contributed by atoms with Gasteiger partial charge in [0.2, 0.25) is 5.91 Å². The summed E-state index contributed by atoms with van der Waals surface area (Å²) >= 11 is 1.66. The second-order valence-electron chi connectivity index (χ2n) is 5.29. The quantitative estimate of drug-likeness (QED) is 0.919. The van der Waals surface area contributed by atoms with Crippen LogP contribution >= 0.6 is 11.8 Å². The van der Waals surface area contributed by atoms with Crippen molar-refractivity contribution in [2.24, 2.45) is 5.92 Å². The maximum absolute atomic E-state index is 12.4. The first-order chi connectivity index (χ1) is 10.8. The molecule has 1 aliphatic rings. The van der Waals surface area contributed by atoms with Gasteiger partial charge in [0.05, 0.1) is 5.69 Å². The Balaban J connectivity index is 1.72. The van der Waals surface area contributed by atoms with Crippen LogP contribution in [0.3, 0.4) is 0 Å². The molecule has 2 aromatic carbocycles. The van der Waals surface area contributed by atoms with Crippen molar-refractivity contribution in [2.45, 2.75) is 22.6 Å². The Morgan fingerprint density at radius 2 is 1.68 bits per heavy atom. The van der Waals surface area contributed by atoms with Gasteiger partial charge < -0.3 is 10.1 Å². The third-order valence-corrected chi connectivity index (χ3v) is 4.79. The van der Waals surface area contributed by atoms with Gasteiger partial charge in [-0.15, -0.1) is 0 Å². The lowest BCUT2D eigenvalue weighted by atomic mass is 9.99. The first kappa shape index (κ1) is 15.1. The molecule has 1 N–H and O–H groups in total. The van der Waals surface area contributed by atoms with Gasteiger partial charge in [0.15, 0.2) is 0 Å². The number of benzene rings is 2. The summed E-state index contributed by atoms with van der Waals surface area (Å²) in [7, 11) is 0. The molecule has 0 unspecified atom stereocenters. The maximum atomic E-state index is 12.4. The number of ether oxygens (including phenoxy) is 1. The van der Waals surface area contributed by atoms with Crippen molar-refractivity contribution in [3.05, 3.63) is 54.6 Å². The van der Waals surface area contributed by atoms with Crippen LogP contribution in [0, 0.1) is 5.92 Å². The monoisotopic (exact) mass is 313 g/mol. The highest BCUT2D eigenvalue weighted by Crippen LogP contribution is 2.33. The SMILES string of the molecule is O=C(Nc1ccccc1Sc1ccccc1)C1CCOCC1. The number of nitrogens with one attached hydrogen (secondary N) is 1. The minimum absolute atomic E-state index is 0.0588. The van der Waals surface area contributed by atoms with Crippen molar-refractivity contribution in [1.29, 1.82) is 0 Å². The molecule has 0 radical (unpaired) electrons. The molecule has 3 rings (SSSR count). The number of carbonyl (C=O) groups is 1. The molecule has 0 spiro atoms. The van der Waals surface area contributed by atoms with E-state index in [1.807, 2.05) is 42.5 Å². The molecule has 2 aromatic rings. The van der Waals surface area contributed by atoms with Crippen LogP contribution in [-0.4, -0.2) is 19.1 Å². The number of hydrogen-bond donors (Lipinski definition) is 1. The van der Waals surface area contributed by atoms with Gasteiger partial charge >= 0.3 is 0 Å². The summed E-state index contributed by atoms with van der Waals surface area (Å²) in [6.07, 6.45) is 1.61. The van der Waals surface area contributed by atoms with Crippen LogP contribution in [0.15, 0.2) is 64.4 Å². The number of anilines is 1. The zero-order valence-corrected chi connectivity index (χ0v) is 13.1. The van der Waals surface area contributed by atoms with Gasteiger partial charge in [0.1, 0.15) is 0 Å². The molecule has 1 amide bonds. The molecule has 0 aliphatic carbocycles. The lowest BCUT2D eigenvalue weighted by Gasteiger charge is -2.21. The number of amides is 1. The van der Waals surface area contributed by atoms with Crippen LogP contribution in [0.5, 0.6) is 0 Å². The van der Waals surface area contributed by atoms with E-state index in [0.29, 0.717) is 13.2 Å². The Morgan fingerprint density at radius 1 is 1.00 bits per heavy atom. The Morgan fingerprint density at radius 3 is 2.45 bits per heavy atom. The summed E-state index contributed by atoms with van der Waals surface area (Å²) in [4.78, 5) is 14.6. The first-order valence-corrected chi connectivity index (χ1v) is 8.35. The van der Waals surface area contributed by atoms with Gasteiger partial charge in [-0.25, -0.2) is 0 Å². The average molecular weight is 313 g/mol. The molecule has 3 nitrogen and oxygen atoms in total. The van der Waals surface area contributed by atoms with Crippen molar-refractivity contribution >= 4 is 23.4 Å². The van der Waals surface area contributed by atoms with E-state index in [9.17, 15) is 4.79 Å². The number of para-hydroxylation sites is 1. The van der Waals surface area contributed by atoms with Gasteiger partial charge in [-0.2, -0.15) is 0 Å². The zero-order valence-electron chi connectivity index (χ0n) is 12.3. The molecule has 1 saturated heterocycles. The van der Waals surface area contributed by atoms with Crippen LogP contribution in [0.25, 0.3) is 0 Å². The summed E-state index contributed by atoms with van der Waals surface area (Å²) in [5.41, 5.74) is 0.882. The summed E-state index contributed by atoms with van der Waals surface area (Å²) in [6.45, 7) is 1.36. The van der Waals surface area contributed by atoms with Crippen LogP contribution in [0.1, 0.15) is 12.8 Å². The topological polar surface area (TPSA) is 38.3 Å². The third-order valence-electron chi connectivity index (χ3n) is 3.71. The average Bonchev–Trinajstić information content (AvgIpc) is 2.58. The van der Waals surface area contributed by atoms with Gasteiger partial charge in [0.25, 0.3) is 0 Å². The van der Waals surface area contributed by atoms with E-state index in [-0.39, 0.29) is 11.8 Å². The van der Waals surface area contributed by atoms with E-state index in [1.54, 1.807) is 11.8 Å². The normalized spacial score (nSPS) is 15.5. The molecular weight excluding hydrogens is 294 g/mol. The van der Waals surface area contributed by atoms with E-state index >= 15 is 0 Å². The van der Waals surface area contributed by atoms with Crippen molar-refractivity contribution in [1.82, 2.24) is 0 Å². The van der Waals surface area contributed by atoms with Gasteiger partial charge in [-0.3, -0.25) is 4.79 Å². The predicted molar refractivity (Wildman–Crippen MR) is 89.2 cm³/mol. The molecule has 0 saturated carbocycles. The second kappa shape index (κ2) is 7.47. The minimum Gasteiger partial charge on any atom is -0.381 e. The van der Waals surface area contributed by atoms with Crippen LogP contribution in [0.4, 0.5) is 5.69 Å². The molecule has 1 fully saturated rings. The predicted octanol–water partition coefficient (Wildman–Crippen LogP) is 4.20. The van der Waals surface area contributed by atoms with Crippen molar-refractivity contribution < 1.29 is 9.53 Å². The fourth-order valence-electron chi connectivity index (χ4n) is 2.47. The lowest BCUT2D eigenvalue weighted by Crippen LogP contribution is -2.28. The zero-order chi connectivity index (χ0) is 15.2. The Labute approximate surface area is 135 Å². The summed E-state index contributed by atoms with van der Waals surface area (Å²) < 4.78 is 5.32. The fraction of sp³-hybridized carbons (Fsp3) is 0.278. The van der Waals surface area contributed by atoms with Gasteiger partial charge in [0, 0.05) is 28.9 Å². The minimum atomic E-state index is 0.0588. The molecule has 1 heterocycles. The molecule has 114 valence electrons. The van der Waals surface area contributed by atoms with E-state index in [0.717, 1.165) is 28.3 Å². The molecule has 1 aliphatic heterocycles. The van der Waals surface area contributed by atoms with E-state index < -0.39 is 0 Å². The Hall–Kier alpha value is -1.78. The van der Waals surface area contributed by atoms with Crippen molar-refractivity contribution in [3.8, 4) is 0 Å². The molecule has 0 aromatic heterocycles. The smallest absolute Gasteiger partial charge is 0.227 e. The van der Waals surface area contributed by atoms with E-state index in [1.165, 1.54) is 0 Å². The highest BCUT2D eigenvalue weighted by molar-refractivity contribution is 7.99. The van der Waals surface area contributed by atoms with E-state index in [2.05, 4.69) is 17.4 Å². The van der Waals surface area contributed by atoms with Crippen molar-refractivity contribution in [2.75, 3.05) is 18.5 Å². The number of carbonyl (C=O) groups excluding carboxylic acids is 1. The summed E-state index contributed by atoms with van der Waals surface area (Å²) in [6, 6.07) is 18.1. The lowest BCUT2D eigenvalue weighted by molar-refractivity contribution is -0.122. The largest absolute Gasteiger partial charge is 0.381 e. The molecule has 0 atom stereocenters. The maximum Gasteiger partial charge on any atom is 0.227 e. The first-order valence-electron chi connectivity index (χ1n) is 7.53. The molecule has 0 bridgehead atoms. The van der Waals surface area contributed by atoms with Crippen molar-refractivity contribution in [3.63, 3.8) is 0 Å². The number of rotatable bonds is 4. The Bertz CT molecular complexity index is 624. The van der Waals surface area contributed by atoms with Crippen LogP contribution < -0.4 is 5.32 Å².